The van der Waals surface area contributed by atoms with Crippen LogP contribution in [-0.4, -0.2) is 20.9 Å². The molecule has 112 valence electrons. The summed E-state index contributed by atoms with van der Waals surface area (Å²) in [5.41, 5.74) is 16.0. The molecule has 0 spiro atoms. The number of hydrogen-bond donors (Lipinski definition) is 2. The van der Waals surface area contributed by atoms with Gasteiger partial charge in [-0.1, -0.05) is 6.07 Å². The second-order valence-corrected chi connectivity index (χ2v) is 5.04. The van der Waals surface area contributed by atoms with Crippen LogP contribution in [0.4, 0.5) is 5.69 Å². The predicted molar refractivity (Wildman–Crippen MR) is 85.5 cm³/mol. The van der Waals surface area contributed by atoms with Gasteiger partial charge in [-0.3, -0.25) is 14.8 Å². The number of nitrogen functional groups attached to an aromatic ring is 1. The normalized spacial score (nSPS) is 11.1. The summed E-state index contributed by atoms with van der Waals surface area (Å²) in [6, 6.07) is 7.00. The van der Waals surface area contributed by atoms with Crippen molar-refractivity contribution >= 4 is 33.7 Å². The summed E-state index contributed by atoms with van der Waals surface area (Å²) in [6.07, 6.45) is 4.49. The highest BCUT2D eigenvalue weighted by molar-refractivity contribution is 6.09. The molecule has 0 saturated carbocycles. The summed E-state index contributed by atoms with van der Waals surface area (Å²) in [4.78, 5) is 24.4. The van der Waals surface area contributed by atoms with E-state index in [4.69, 9.17) is 15.9 Å². The van der Waals surface area contributed by atoms with Gasteiger partial charge in [0, 0.05) is 18.0 Å². The van der Waals surface area contributed by atoms with Crippen LogP contribution >= 0.6 is 0 Å². The molecule has 23 heavy (non-hydrogen) atoms. The van der Waals surface area contributed by atoms with Crippen molar-refractivity contribution < 1.29 is 9.21 Å². The van der Waals surface area contributed by atoms with Crippen LogP contribution in [0.5, 0.6) is 0 Å². The molecule has 0 bridgehead atoms. The van der Waals surface area contributed by atoms with E-state index in [9.17, 15) is 4.79 Å². The Morgan fingerprint density at radius 1 is 1.04 bits per heavy atom. The molecule has 0 aliphatic carbocycles. The Morgan fingerprint density at radius 2 is 1.87 bits per heavy atom. The lowest BCUT2D eigenvalue weighted by molar-refractivity contribution is 0.100. The van der Waals surface area contributed by atoms with Gasteiger partial charge in [0.05, 0.1) is 22.3 Å². The summed E-state index contributed by atoms with van der Waals surface area (Å²) in [5.74, 6) is -0.612. The monoisotopic (exact) mass is 305 g/mol. The molecule has 2 aromatic carbocycles. The molecule has 0 unspecified atom stereocenters. The zero-order valence-corrected chi connectivity index (χ0v) is 11.9. The highest BCUT2D eigenvalue weighted by Crippen LogP contribution is 2.35. The quantitative estimate of drug-likeness (QED) is 0.547. The van der Waals surface area contributed by atoms with Crippen molar-refractivity contribution in [1.82, 2.24) is 15.0 Å². The molecule has 0 aliphatic heterocycles. The van der Waals surface area contributed by atoms with Crippen LogP contribution < -0.4 is 11.5 Å². The van der Waals surface area contributed by atoms with Crippen molar-refractivity contribution in [3.05, 3.63) is 48.6 Å². The van der Waals surface area contributed by atoms with E-state index >= 15 is 0 Å². The summed E-state index contributed by atoms with van der Waals surface area (Å²) < 4.78 is 5.24. The third kappa shape index (κ3) is 1.98. The highest BCUT2D eigenvalue weighted by Gasteiger charge is 2.18. The van der Waals surface area contributed by atoms with Gasteiger partial charge in [-0.25, -0.2) is 4.98 Å². The number of fused-ring (bicyclic) bond motifs is 2. The van der Waals surface area contributed by atoms with Gasteiger partial charge in [0.2, 0.25) is 0 Å². The van der Waals surface area contributed by atoms with Gasteiger partial charge in [-0.15, -0.1) is 0 Å². The van der Waals surface area contributed by atoms with Crippen LogP contribution in [-0.2, 0) is 0 Å². The largest absolute Gasteiger partial charge is 0.443 e. The molecule has 2 aromatic heterocycles. The third-order valence-corrected chi connectivity index (χ3v) is 3.69. The van der Waals surface area contributed by atoms with E-state index in [0.717, 1.165) is 5.56 Å². The molecule has 0 saturated heterocycles. The Morgan fingerprint density at radius 3 is 2.70 bits per heavy atom. The molecule has 7 heteroatoms. The maximum atomic E-state index is 11.7. The van der Waals surface area contributed by atoms with Crippen LogP contribution in [0.1, 0.15) is 10.4 Å². The van der Waals surface area contributed by atoms with Crippen LogP contribution in [0.15, 0.2) is 47.5 Å². The fourth-order valence-electron chi connectivity index (χ4n) is 2.63. The van der Waals surface area contributed by atoms with Crippen molar-refractivity contribution in [2.24, 2.45) is 5.73 Å². The number of aromatic nitrogens is 3. The van der Waals surface area contributed by atoms with Gasteiger partial charge in [0.15, 0.2) is 12.0 Å². The van der Waals surface area contributed by atoms with Gasteiger partial charge in [0.25, 0.3) is 5.91 Å². The Kier molecular flexibility index (Phi) is 2.74. The zero-order valence-electron chi connectivity index (χ0n) is 11.9. The van der Waals surface area contributed by atoms with Crippen LogP contribution in [0.25, 0.3) is 33.3 Å². The Hall–Kier alpha value is -3.48. The fourth-order valence-corrected chi connectivity index (χ4v) is 2.63. The molecule has 0 aliphatic rings. The number of carbonyl (C=O) groups excluding carboxylic acids is 1. The second-order valence-electron chi connectivity index (χ2n) is 5.04. The van der Waals surface area contributed by atoms with Crippen LogP contribution in [0.2, 0.25) is 0 Å². The second kappa shape index (κ2) is 4.77. The summed E-state index contributed by atoms with van der Waals surface area (Å²) in [5, 5.41) is 0. The molecule has 7 nitrogen and oxygen atoms in total. The number of nitrogens with two attached hydrogens (primary N) is 2. The van der Waals surface area contributed by atoms with Crippen molar-refractivity contribution in [3.8, 4) is 11.1 Å². The minimum absolute atomic E-state index is 0.216. The van der Waals surface area contributed by atoms with E-state index in [2.05, 4.69) is 15.0 Å². The minimum Gasteiger partial charge on any atom is -0.443 e. The van der Waals surface area contributed by atoms with Gasteiger partial charge >= 0.3 is 0 Å². The average molecular weight is 305 g/mol. The number of carbonyl (C=O) groups is 1. The van der Waals surface area contributed by atoms with Crippen molar-refractivity contribution in [2.75, 3.05) is 5.73 Å². The Bertz CT molecular complexity index is 1070. The first-order valence-electron chi connectivity index (χ1n) is 6.82. The molecule has 4 rings (SSSR count). The average Bonchev–Trinajstić information content (AvgIpc) is 3.01. The molecule has 0 radical (unpaired) electrons. The Balaban J connectivity index is 2.11. The standard InChI is InChI=1S/C16H11N5O2/c17-14-9(16(18)22)6-11-15(20-4-3-19-11)13(14)8-1-2-12-10(5-8)21-7-23-12/h1-7H,17H2,(H2,18,22). The SMILES string of the molecule is NC(=O)c1cc2nccnc2c(-c2ccc3ocnc3c2)c1N. The summed E-state index contributed by atoms with van der Waals surface area (Å²) >= 11 is 0. The number of anilines is 1. The molecule has 2 heterocycles. The van der Waals surface area contributed by atoms with E-state index < -0.39 is 5.91 Å². The lowest BCUT2D eigenvalue weighted by Crippen LogP contribution is -2.14. The Labute approximate surface area is 130 Å². The van der Waals surface area contributed by atoms with Crippen LogP contribution in [0.3, 0.4) is 0 Å². The molecular weight excluding hydrogens is 294 g/mol. The van der Waals surface area contributed by atoms with Gasteiger partial charge in [-0.2, -0.15) is 0 Å². The number of nitrogens with zero attached hydrogens (tertiary/aromatic N) is 3. The zero-order chi connectivity index (χ0) is 16.0. The summed E-state index contributed by atoms with van der Waals surface area (Å²) in [7, 11) is 0. The van der Waals surface area contributed by atoms with E-state index in [-0.39, 0.29) is 11.3 Å². The van der Waals surface area contributed by atoms with E-state index in [1.54, 1.807) is 24.5 Å². The van der Waals surface area contributed by atoms with Crippen molar-refractivity contribution in [2.45, 2.75) is 0 Å². The first-order valence-corrected chi connectivity index (χ1v) is 6.82. The number of oxazole rings is 1. The lowest BCUT2D eigenvalue weighted by Gasteiger charge is -2.12. The molecule has 4 aromatic rings. The summed E-state index contributed by atoms with van der Waals surface area (Å²) in [6.45, 7) is 0. The minimum atomic E-state index is -0.612. The van der Waals surface area contributed by atoms with Crippen molar-refractivity contribution in [3.63, 3.8) is 0 Å². The molecular formula is C16H11N5O2. The maximum absolute atomic E-state index is 11.7. The van der Waals surface area contributed by atoms with Gasteiger partial charge in [-0.05, 0) is 23.8 Å². The number of benzene rings is 2. The number of primary amides is 1. The lowest BCUT2D eigenvalue weighted by atomic mass is 9.97. The van der Waals surface area contributed by atoms with E-state index in [1.807, 2.05) is 12.1 Å². The number of rotatable bonds is 2. The van der Waals surface area contributed by atoms with Crippen molar-refractivity contribution in [1.29, 1.82) is 0 Å². The van der Waals surface area contributed by atoms with E-state index in [1.165, 1.54) is 6.39 Å². The number of amides is 1. The first-order chi connectivity index (χ1) is 11.1. The van der Waals surface area contributed by atoms with Crippen LogP contribution in [0, 0.1) is 0 Å². The molecule has 0 atom stereocenters. The molecule has 1 amide bonds. The van der Waals surface area contributed by atoms with E-state index in [0.29, 0.717) is 27.7 Å². The maximum Gasteiger partial charge on any atom is 0.250 e. The van der Waals surface area contributed by atoms with Gasteiger partial charge in [0.1, 0.15) is 5.52 Å². The fraction of sp³-hybridized carbons (Fsp3) is 0. The number of hydrogen-bond acceptors (Lipinski definition) is 6. The topological polar surface area (TPSA) is 121 Å². The highest BCUT2D eigenvalue weighted by atomic mass is 16.3. The third-order valence-electron chi connectivity index (χ3n) is 3.69. The smallest absolute Gasteiger partial charge is 0.250 e. The predicted octanol–water partition coefficient (Wildman–Crippen LogP) is 2.12. The first kappa shape index (κ1) is 13.2. The molecule has 0 fully saturated rings. The molecule has 4 N–H and O–H groups in total. The van der Waals surface area contributed by atoms with Gasteiger partial charge < -0.3 is 15.9 Å².